The van der Waals surface area contributed by atoms with Crippen LogP contribution in [0.5, 0.6) is 0 Å². The summed E-state index contributed by atoms with van der Waals surface area (Å²) in [5, 5.41) is 12.3. The number of aromatic nitrogens is 8. The highest BCUT2D eigenvalue weighted by Gasteiger charge is 2.27. The van der Waals surface area contributed by atoms with E-state index in [9.17, 15) is 9.00 Å². The molecule has 0 fully saturated rings. The summed E-state index contributed by atoms with van der Waals surface area (Å²) in [5.41, 5.74) is 5.87. The molecule has 1 atom stereocenters. The van der Waals surface area contributed by atoms with Gasteiger partial charge in [0, 0.05) is 70.6 Å². The number of nitrogens with one attached hydrogen (secondary N) is 1. The molecule has 6 heterocycles. The molecular weight excluding hydrogens is 928 g/mol. The zero-order valence-corrected chi connectivity index (χ0v) is 38.1. The first-order valence-corrected chi connectivity index (χ1v) is 22.9. The van der Waals surface area contributed by atoms with Gasteiger partial charge in [0.15, 0.2) is 11.3 Å². The Morgan fingerprint density at radius 1 is 0.800 bits per heavy atom. The summed E-state index contributed by atoms with van der Waals surface area (Å²) in [4.78, 5) is 34.7. The molecule has 2 aromatic carbocycles. The fourth-order valence-electron chi connectivity index (χ4n) is 6.16. The Bertz CT molecular complexity index is 2800. The van der Waals surface area contributed by atoms with E-state index in [0.29, 0.717) is 23.7 Å². The van der Waals surface area contributed by atoms with E-state index in [-0.39, 0.29) is 6.54 Å². The minimum absolute atomic E-state index is 0.267. The van der Waals surface area contributed by atoms with Crippen LogP contribution in [0.1, 0.15) is 31.9 Å². The first-order valence-electron chi connectivity index (χ1n) is 18.6. The molecule has 1 unspecified atom stereocenters. The van der Waals surface area contributed by atoms with E-state index in [0.717, 1.165) is 58.2 Å². The molecule has 0 aliphatic carbocycles. The summed E-state index contributed by atoms with van der Waals surface area (Å²) < 4.78 is 22.8. The van der Waals surface area contributed by atoms with Crippen LogP contribution in [0.3, 0.4) is 0 Å². The van der Waals surface area contributed by atoms with Crippen molar-refractivity contribution in [2.24, 2.45) is 0 Å². The van der Waals surface area contributed by atoms with Crippen LogP contribution in [0.25, 0.3) is 33.8 Å². The van der Waals surface area contributed by atoms with Crippen molar-refractivity contribution in [2.45, 2.75) is 49.3 Å². The fraction of sp³-hybridized carbons (Fsp3) is 0.186. The SMILES string of the molecule is CS(=O)c1ccccc1-c1cc(NCc2cccnc2)n2ncc(Br)c2n1.CSc1ccccc1-c1cc(N(Cc2cccnc2)C(=O)OC(C)(C)C)n2ncc(Br)c2n1. The van der Waals surface area contributed by atoms with Gasteiger partial charge in [-0.1, -0.05) is 48.5 Å². The number of hydrogen-bond acceptors (Lipinski definition) is 11. The van der Waals surface area contributed by atoms with E-state index in [4.69, 9.17) is 14.7 Å². The van der Waals surface area contributed by atoms with Gasteiger partial charge >= 0.3 is 6.09 Å². The second-order valence-electron chi connectivity index (χ2n) is 14.3. The summed E-state index contributed by atoms with van der Waals surface area (Å²) in [6.07, 6.45) is 13.6. The standard InChI is InChI=1S/C24H24BrN5O2S.C19H16BrN5OS/c1-24(2,3)32-23(31)29(15-16-8-7-11-26-13-16)21-12-19(17-9-5-6-10-20(17)33-4)28-22-18(25)14-27-30(21)22;1-27(26)17-7-3-2-6-14(17)16-9-18(22-11-13-5-4-8-21-10-13)25-19(24-16)15(20)12-23-25/h5-14H,15H2,1-4H3;2-10,12,22H,11H2,1H3. The van der Waals surface area contributed by atoms with Crippen LogP contribution in [0.2, 0.25) is 0 Å². The Balaban J connectivity index is 0.000000185. The normalized spacial score (nSPS) is 11.8. The van der Waals surface area contributed by atoms with Crippen LogP contribution in [-0.2, 0) is 28.6 Å². The van der Waals surface area contributed by atoms with Crippen molar-refractivity contribution in [2.75, 3.05) is 22.7 Å². The van der Waals surface area contributed by atoms with Gasteiger partial charge in [0.05, 0.1) is 50.1 Å². The van der Waals surface area contributed by atoms with Crippen LogP contribution in [-0.4, -0.2) is 67.6 Å². The van der Waals surface area contributed by atoms with Gasteiger partial charge in [0.1, 0.15) is 17.2 Å². The van der Waals surface area contributed by atoms with Crippen LogP contribution in [0, 0.1) is 0 Å². The average Bonchev–Trinajstić information content (AvgIpc) is 3.83. The first kappa shape index (κ1) is 42.6. The quantitative estimate of drug-likeness (QED) is 0.131. The summed E-state index contributed by atoms with van der Waals surface area (Å²) in [7, 11) is -1.11. The van der Waals surface area contributed by atoms with Gasteiger partial charge in [-0.3, -0.25) is 19.1 Å². The molecular formula is C43H40Br2N10O3S2. The number of anilines is 2. The number of fused-ring (bicyclic) bond motifs is 2. The van der Waals surface area contributed by atoms with Crippen molar-refractivity contribution >= 4 is 83.4 Å². The van der Waals surface area contributed by atoms with Gasteiger partial charge in [0.25, 0.3) is 0 Å². The number of pyridine rings is 2. The molecule has 13 nitrogen and oxygen atoms in total. The number of benzene rings is 2. The molecule has 0 saturated carbocycles. The summed E-state index contributed by atoms with van der Waals surface area (Å²) in [6, 6.07) is 27.1. The van der Waals surface area contributed by atoms with Crippen molar-refractivity contribution in [3.05, 3.63) is 142 Å². The Morgan fingerprint density at radius 3 is 2.03 bits per heavy atom. The summed E-state index contributed by atoms with van der Waals surface area (Å²) in [6.45, 7) is 6.41. The lowest BCUT2D eigenvalue weighted by Gasteiger charge is -2.28. The Hall–Kier alpha value is -5.49. The highest BCUT2D eigenvalue weighted by molar-refractivity contribution is 9.11. The van der Waals surface area contributed by atoms with E-state index >= 15 is 0 Å². The molecule has 0 bridgehead atoms. The second kappa shape index (κ2) is 18.8. The summed E-state index contributed by atoms with van der Waals surface area (Å²) >= 11 is 8.70. The highest BCUT2D eigenvalue weighted by Crippen LogP contribution is 2.34. The second-order valence-corrected chi connectivity index (χ2v) is 18.2. The Kier molecular flexibility index (Phi) is 13.4. The van der Waals surface area contributed by atoms with Crippen molar-refractivity contribution < 1.29 is 13.7 Å². The zero-order valence-electron chi connectivity index (χ0n) is 33.3. The highest BCUT2D eigenvalue weighted by atomic mass is 79.9. The molecule has 8 aromatic rings. The number of thioether (sulfide) groups is 1. The van der Waals surface area contributed by atoms with E-state index in [2.05, 4.69) is 63.4 Å². The molecule has 1 amide bonds. The molecule has 60 heavy (non-hydrogen) atoms. The lowest BCUT2D eigenvalue weighted by molar-refractivity contribution is 0.0575. The van der Waals surface area contributed by atoms with Gasteiger partial charge in [-0.2, -0.15) is 19.2 Å². The van der Waals surface area contributed by atoms with Gasteiger partial charge < -0.3 is 10.1 Å². The smallest absolute Gasteiger partial charge is 0.416 e. The number of rotatable bonds is 10. The lowest BCUT2D eigenvalue weighted by atomic mass is 10.1. The van der Waals surface area contributed by atoms with Crippen molar-refractivity contribution in [3.63, 3.8) is 0 Å². The van der Waals surface area contributed by atoms with E-state index in [1.54, 1.807) is 62.9 Å². The Morgan fingerprint density at radius 2 is 1.40 bits per heavy atom. The maximum Gasteiger partial charge on any atom is 0.416 e. The minimum Gasteiger partial charge on any atom is -0.443 e. The number of carbonyl (C=O) groups is 1. The summed E-state index contributed by atoms with van der Waals surface area (Å²) in [5.74, 6) is 1.34. The van der Waals surface area contributed by atoms with Gasteiger partial charge in [-0.15, -0.1) is 11.8 Å². The van der Waals surface area contributed by atoms with Crippen LogP contribution in [0.4, 0.5) is 16.4 Å². The average molecular weight is 969 g/mol. The molecule has 8 rings (SSSR count). The number of nitrogens with zero attached hydrogens (tertiary/aromatic N) is 9. The number of ether oxygens (including phenoxy) is 1. The molecule has 0 radical (unpaired) electrons. The van der Waals surface area contributed by atoms with Crippen molar-refractivity contribution in [1.29, 1.82) is 0 Å². The topological polar surface area (TPSA) is 145 Å². The van der Waals surface area contributed by atoms with E-state index in [1.165, 1.54) is 0 Å². The number of carbonyl (C=O) groups excluding carboxylic acids is 1. The van der Waals surface area contributed by atoms with Crippen molar-refractivity contribution in [1.82, 2.24) is 39.2 Å². The predicted molar refractivity (Wildman–Crippen MR) is 245 cm³/mol. The molecule has 1 N–H and O–H groups in total. The third kappa shape index (κ3) is 9.92. The van der Waals surface area contributed by atoms with Gasteiger partial charge in [0.2, 0.25) is 0 Å². The number of hydrogen-bond donors (Lipinski definition) is 1. The largest absolute Gasteiger partial charge is 0.443 e. The molecule has 0 spiro atoms. The third-order valence-corrected chi connectivity index (χ3v) is 11.7. The zero-order chi connectivity index (χ0) is 42.4. The van der Waals surface area contributed by atoms with Crippen LogP contribution >= 0.6 is 43.6 Å². The Labute approximate surface area is 370 Å². The van der Waals surface area contributed by atoms with E-state index < -0.39 is 22.5 Å². The number of amides is 1. The molecule has 6 aromatic heterocycles. The van der Waals surface area contributed by atoms with Crippen LogP contribution in [0.15, 0.2) is 141 Å². The predicted octanol–water partition coefficient (Wildman–Crippen LogP) is 10.1. The molecule has 0 saturated heterocycles. The van der Waals surface area contributed by atoms with Gasteiger partial charge in [-0.25, -0.2) is 14.8 Å². The van der Waals surface area contributed by atoms with Crippen LogP contribution < -0.4 is 10.2 Å². The van der Waals surface area contributed by atoms with Gasteiger partial charge in [-0.05, 0) is 94.3 Å². The maximum atomic E-state index is 13.4. The number of halogens is 2. The lowest BCUT2D eigenvalue weighted by Crippen LogP contribution is -2.37. The first-order chi connectivity index (χ1) is 28.9. The minimum atomic E-state index is -1.11. The molecule has 0 aliphatic heterocycles. The maximum absolute atomic E-state index is 13.4. The fourth-order valence-corrected chi connectivity index (χ4v) is 8.22. The molecule has 0 aliphatic rings. The molecule has 306 valence electrons. The van der Waals surface area contributed by atoms with Crippen molar-refractivity contribution in [3.8, 4) is 22.5 Å². The molecule has 17 heteroatoms. The van der Waals surface area contributed by atoms with E-state index in [1.807, 2.05) is 112 Å². The monoisotopic (exact) mass is 966 g/mol. The third-order valence-electron chi connectivity index (χ3n) is 8.84.